The van der Waals surface area contributed by atoms with E-state index < -0.39 is 5.97 Å². The molecule has 0 radical (unpaired) electrons. The van der Waals surface area contributed by atoms with E-state index in [0.717, 1.165) is 0 Å². The molecular formula is C11H13BrN2O3. The maximum atomic E-state index is 12.0. The Bertz CT molecular complexity index is 448. The predicted molar refractivity (Wildman–Crippen MR) is 67.8 cm³/mol. The number of carboxylic acid groups (broad SMARTS) is 1. The zero-order valence-corrected chi connectivity index (χ0v) is 10.9. The van der Waals surface area contributed by atoms with Gasteiger partial charge in [0.1, 0.15) is 0 Å². The Kier molecular flexibility index (Phi) is 4.51. The molecule has 0 fully saturated rings. The van der Waals surface area contributed by atoms with E-state index in [9.17, 15) is 9.59 Å². The molecule has 1 aromatic carbocycles. The first-order valence-corrected chi connectivity index (χ1v) is 5.73. The highest BCUT2D eigenvalue weighted by Gasteiger charge is 2.15. The van der Waals surface area contributed by atoms with Crippen molar-refractivity contribution in [3.63, 3.8) is 0 Å². The van der Waals surface area contributed by atoms with Crippen molar-refractivity contribution in [1.29, 1.82) is 0 Å². The Hall–Kier alpha value is -1.56. The van der Waals surface area contributed by atoms with Gasteiger partial charge in [0.2, 0.25) is 0 Å². The Morgan fingerprint density at radius 2 is 2.12 bits per heavy atom. The lowest BCUT2D eigenvalue weighted by Gasteiger charge is -2.17. The van der Waals surface area contributed by atoms with Gasteiger partial charge in [0.15, 0.2) is 0 Å². The molecule has 0 aliphatic carbocycles. The van der Waals surface area contributed by atoms with Gasteiger partial charge in [0.25, 0.3) is 5.91 Å². The molecule has 6 heteroatoms. The third-order valence-corrected chi connectivity index (χ3v) is 2.92. The van der Waals surface area contributed by atoms with E-state index in [1.807, 2.05) is 0 Å². The maximum absolute atomic E-state index is 12.0. The fourth-order valence-electron chi connectivity index (χ4n) is 1.28. The Labute approximate surface area is 107 Å². The molecule has 0 saturated carbocycles. The van der Waals surface area contributed by atoms with Crippen molar-refractivity contribution in [3.05, 3.63) is 28.2 Å². The summed E-state index contributed by atoms with van der Waals surface area (Å²) in [6, 6.07) is 4.93. The molecule has 3 N–H and O–H groups in total. The number of benzene rings is 1. The van der Waals surface area contributed by atoms with Crippen molar-refractivity contribution in [2.45, 2.75) is 6.42 Å². The molecule has 0 atom stereocenters. The predicted octanol–water partition coefficient (Wildman–Crippen LogP) is 1.58. The molecule has 0 aliphatic heterocycles. The monoisotopic (exact) mass is 300 g/mol. The van der Waals surface area contributed by atoms with E-state index in [0.29, 0.717) is 15.7 Å². The van der Waals surface area contributed by atoms with Crippen LogP contribution in [0.1, 0.15) is 16.8 Å². The van der Waals surface area contributed by atoms with Crippen molar-refractivity contribution >= 4 is 33.5 Å². The fourth-order valence-corrected chi connectivity index (χ4v) is 1.69. The van der Waals surface area contributed by atoms with Crippen LogP contribution in [-0.2, 0) is 4.79 Å². The lowest BCUT2D eigenvalue weighted by Crippen LogP contribution is -2.29. The molecule has 17 heavy (non-hydrogen) atoms. The van der Waals surface area contributed by atoms with Crippen LogP contribution in [0.2, 0.25) is 0 Å². The van der Waals surface area contributed by atoms with Crippen LogP contribution in [0.3, 0.4) is 0 Å². The van der Waals surface area contributed by atoms with E-state index in [1.165, 1.54) is 4.90 Å². The number of carboxylic acids is 1. The van der Waals surface area contributed by atoms with Gasteiger partial charge < -0.3 is 15.7 Å². The average Bonchev–Trinajstić information content (AvgIpc) is 2.28. The highest BCUT2D eigenvalue weighted by atomic mass is 79.9. The number of halogens is 1. The zero-order chi connectivity index (χ0) is 13.0. The second-order valence-electron chi connectivity index (χ2n) is 3.61. The highest BCUT2D eigenvalue weighted by molar-refractivity contribution is 9.10. The van der Waals surface area contributed by atoms with Crippen LogP contribution in [0.25, 0.3) is 0 Å². The van der Waals surface area contributed by atoms with Crippen LogP contribution in [0.5, 0.6) is 0 Å². The molecule has 0 spiro atoms. The van der Waals surface area contributed by atoms with E-state index in [-0.39, 0.29) is 18.9 Å². The van der Waals surface area contributed by atoms with Crippen molar-refractivity contribution in [1.82, 2.24) is 4.90 Å². The third-order valence-electron chi connectivity index (χ3n) is 2.23. The number of rotatable bonds is 4. The number of hydrogen-bond donors (Lipinski definition) is 2. The number of nitrogens with two attached hydrogens (primary N) is 1. The minimum absolute atomic E-state index is 0.0812. The molecule has 0 unspecified atom stereocenters. The van der Waals surface area contributed by atoms with Crippen molar-refractivity contribution in [2.24, 2.45) is 0 Å². The molecule has 1 rings (SSSR count). The van der Waals surface area contributed by atoms with Crippen molar-refractivity contribution < 1.29 is 14.7 Å². The molecule has 5 nitrogen and oxygen atoms in total. The second-order valence-corrected chi connectivity index (χ2v) is 4.46. The molecular weight excluding hydrogens is 288 g/mol. The number of nitrogen functional groups attached to an aromatic ring is 1. The second kappa shape index (κ2) is 5.67. The number of nitrogens with zero attached hydrogens (tertiary/aromatic N) is 1. The normalized spacial score (nSPS) is 10.0. The molecule has 1 amide bonds. The lowest BCUT2D eigenvalue weighted by atomic mass is 10.2. The van der Waals surface area contributed by atoms with Gasteiger partial charge in [-0.25, -0.2) is 0 Å². The van der Waals surface area contributed by atoms with Gasteiger partial charge in [-0.15, -0.1) is 0 Å². The standard InChI is InChI=1S/C11H13BrN2O3/c1-14(5-4-10(15)16)11(17)8-6-7(13)2-3-9(8)12/h2-3,6H,4-5,13H2,1H3,(H,15,16). The van der Waals surface area contributed by atoms with Crippen molar-refractivity contribution in [2.75, 3.05) is 19.3 Å². The number of aliphatic carboxylic acids is 1. The van der Waals surface area contributed by atoms with E-state index in [2.05, 4.69) is 15.9 Å². The number of amides is 1. The van der Waals surface area contributed by atoms with Crippen LogP contribution >= 0.6 is 15.9 Å². The zero-order valence-electron chi connectivity index (χ0n) is 9.31. The van der Waals surface area contributed by atoms with E-state index >= 15 is 0 Å². The van der Waals surface area contributed by atoms with Gasteiger partial charge in [0, 0.05) is 23.8 Å². The summed E-state index contributed by atoms with van der Waals surface area (Å²) in [6.07, 6.45) is -0.0812. The molecule has 0 aliphatic rings. The largest absolute Gasteiger partial charge is 0.481 e. The maximum Gasteiger partial charge on any atom is 0.305 e. The molecule has 1 aromatic rings. The Morgan fingerprint density at radius 3 is 2.71 bits per heavy atom. The topological polar surface area (TPSA) is 83.6 Å². The van der Waals surface area contributed by atoms with Gasteiger partial charge in [-0.05, 0) is 34.1 Å². The quantitative estimate of drug-likeness (QED) is 0.827. The van der Waals surface area contributed by atoms with Crippen LogP contribution in [-0.4, -0.2) is 35.5 Å². The van der Waals surface area contributed by atoms with Gasteiger partial charge >= 0.3 is 5.97 Å². The average molecular weight is 301 g/mol. The number of carbonyl (C=O) groups is 2. The summed E-state index contributed by atoms with van der Waals surface area (Å²) in [5.74, 6) is -1.19. The Balaban J connectivity index is 2.81. The van der Waals surface area contributed by atoms with Gasteiger partial charge in [-0.1, -0.05) is 0 Å². The molecule has 92 valence electrons. The molecule has 0 aromatic heterocycles. The Morgan fingerprint density at radius 1 is 1.47 bits per heavy atom. The van der Waals surface area contributed by atoms with Gasteiger partial charge in [-0.2, -0.15) is 0 Å². The third kappa shape index (κ3) is 3.74. The lowest BCUT2D eigenvalue weighted by molar-refractivity contribution is -0.137. The van der Waals surface area contributed by atoms with Crippen molar-refractivity contribution in [3.8, 4) is 0 Å². The first kappa shape index (κ1) is 13.5. The van der Waals surface area contributed by atoms with Crippen LogP contribution < -0.4 is 5.73 Å². The number of carbonyl (C=O) groups excluding carboxylic acids is 1. The number of anilines is 1. The first-order chi connectivity index (χ1) is 7.91. The first-order valence-electron chi connectivity index (χ1n) is 4.94. The summed E-state index contributed by atoms with van der Waals surface area (Å²) < 4.78 is 0.638. The summed E-state index contributed by atoms with van der Waals surface area (Å²) >= 11 is 3.26. The van der Waals surface area contributed by atoms with Crippen LogP contribution in [0.15, 0.2) is 22.7 Å². The SMILES string of the molecule is CN(CCC(=O)O)C(=O)c1cc(N)ccc1Br. The minimum Gasteiger partial charge on any atom is -0.481 e. The summed E-state index contributed by atoms with van der Waals surface area (Å²) in [5, 5.41) is 8.55. The van der Waals surface area contributed by atoms with E-state index in [4.69, 9.17) is 10.8 Å². The molecule has 0 saturated heterocycles. The summed E-state index contributed by atoms with van der Waals surface area (Å²) in [4.78, 5) is 23.7. The summed E-state index contributed by atoms with van der Waals surface area (Å²) in [7, 11) is 1.56. The summed E-state index contributed by atoms with van der Waals surface area (Å²) in [6.45, 7) is 0.162. The highest BCUT2D eigenvalue weighted by Crippen LogP contribution is 2.20. The van der Waals surface area contributed by atoms with Gasteiger partial charge in [-0.3, -0.25) is 9.59 Å². The minimum atomic E-state index is -0.934. The molecule has 0 heterocycles. The number of hydrogen-bond acceptors (Lipinski definition) is 3. The van der Waals surface area contributed by atoms with Crippen LogP contribution in [0, 0.1) is 0 Å². The van der Waals surface area contributed by atoms with Crippen LogP contribution in [0.4, 0.5) is 5.69 Å². The fraction of sp³-hybridized carbons (Fsp3) is 0.273. The van der Waals surface area contributed by atoms with Gasteiger partial charge in [0.05, 0.1) is 12.0 Å². The van der Waals surface area contributed by atoms with E-state index in [1.54, 1.807) is 25.2 Å². The molecule has 0 bridgehead atoms. The smallest absolute Gasteiger partial charge is 0.305 e. The summed E-state index contributed by atoms with van der Waals surface area (Å²) in [5.41, 5.74) is 6.52.